The molecule has 0 fully saturated rings. The third-order valence-corrected chi connectivity index (χ3v) is 3.60. The fraction of sp³-hybridized carbons (Fsp3) is 0.533. The van der Waals surface area contributed by atoms with Crippen LogP contribution in [-0.2, 0) is 4.79 Å². The molecule has 0 saturated carbocycles. The van der Waals surface area contributed by atoms with Gasteiger partial charge in [-0.05, 0) is 40.5 Å². The van der Waals surface area contributed by atoms with Gasteiger partial charge in [0.05, 0.1) is 4.47 Å². The van der Waals surface area contributed by atoms with Gasteiger partial charge in [-0.25, -0.2) is 4.39 Å². The topological polar surface area (TPSA) is 29.1 Å². The van der Waals surface area contributed by atoms with Crippen molar-refractivity contribution in [1.29, 1.82) is 0 Å². The Hall–Kier alpha value is -0.900. The Morgan fingerprint density at radius 1 is 1.21 bits per heavy atom. The van der Waals surface area contributed by atoms with Crippen LogP contribution in [0.3, 0.4) is 0 Å². The molecule has 1 aromatic rings. The van der Waals surface area contributed by atoms with E-state index in [0.717, 1.165) is 12.8 Å². The number of rotatable bonds is 8. The van der Waals surface area contributed by atoms with Crippen LogP contribution < -0.4 is 5.32 Å². The lowest BCUT2D eigenvalue weighted by Gasteiger charge is -2.06. The van der Waals surface area contributed by atoms with E-state index >= 15 is 0 Å². The van der Waals surface area contributed by atoms with Gasteiger partial charge in [0.15, 0.2) is 0 Å². The smallest absolute Gasteiger partial charge is 0.224 e. The summed E-state index contributed by atoms with van der Waals surface area (Å²) in [5.74, 6) is -0.408. The maximum absolute atomic E-state index is 13.3. The summed E-state index contributed by atoms with van der Waals surface area (Å²) in [6.07, 6.45) is 7.42. The molecule has 0 aliphatic rings. The SMILES string of the molecule is CCCCCCCCC(=O)Nc1ccc(Br)c(F)c1. The fourth-order valence-corrected chi connectivity index (χ4v) is 2.11. The highest BCUT2D eigenvalue weighted by Gasteiger charge is 2.05. The number of carbonyl (C=O) groups is 1. The summed E-state index contributed by atoms with van der Waals surface area (Å²) in [6, 6.07) is 4.60. The van der Waals surface area contributed by atoms with E-state index in [0.29, 0.717) is 16.6 Å². The average molecular weight is 330 g/mol. The molecule has 1 N–H and O–H groups in total. The minimum absolute atomic E-state index is 0.0442. The van der Waals surface area contributed by atoms with Gasteiger partial charge in [-0.1, -0.05) is 39.0 Å². The van der Waals surface area contributed by atoms with E-state index in [2.05, 4.69) is 28.2 Å². The first-order valence-corrected chi connectivity index (χ1v) is 7.67. The van der Waals surface area contributed by atoms with Gasteiger partial charge in [-0.2, -0.15) is 0 Å². The second-order valence-corrected chi connectivity index (χ2v) is 5.55. The number of benzene rings is 1. The van der Waals surface area contributed by atoms with Crippen LogP contribution in [0.1, 0.15) is 51.9 Å². The second kappa shape index (κ2) is 9.08. The lowest BCUT2D eigenvalue weighted by molar-refractivity contribution is -0.116. The number of hydrogen-bond donors (Lipinski definition) is 1. The highest BCUT2D eigenvalue weighted by Crippen LogP contribution is 2.19. The van der Waals surface area contributed by atoms with Crippen LogP contribution in [0.15, 0.2) is 22.7 Å². The van der Waals surface area contributed by atoms with Crippen LogP contribution in [0.5, 0.6) is 0 Å². The fourth-order valence-electron chi connectivity index (χ4n) is 1.86. The Kier molecular flexibility index (Phi) is 7.72. The lowest BCUT2D eigenvalue weighted by Crippen LogP contribution is -2.11. The molecule has 1 amide bonds. The Morgan fingerprint density at radius 3 is 2.58 bits per heavy atom. The molecule has 1 rings (SSSR count). The van der Waals surface area contributed by atoms with Crippen molar-refractivity contribution in [1.82, 2.24) is 0 Å². The third kappa shape index (κ3) is 6.71. The van der Waals surface area contributed by atoms with Crippen LogP contribution in [0.4, 0.5) is 10.1 Å². The standard InChI is InChI=1S/C15H21BrFNO/c1-2-3-4-5-6-7-8-15(19)18-12-9-10-13(16)14(17)11-12/h9-11H,2-8H2,1H3,(H,18,19). The molecule has 0 aromatic heterocycles. The number of anilines is 1. The number of amides is 1. The van der Waals surface area contributed by atoms with Crippen LogP contribution in [0.25, 0.3) is 0 Å². The molecule has 0 aliphatic heterocycles. The van der Waals surface area contributed by atoms with Crippen molar-refractivity contribution in [2.24, 2.45) is 0 Å². The van der Waals surface area contributed by atoms with E-state index in [-0.39, 0.29) is 11.7 Å². The Labute approximate surface area is 122 Å². The molecule has 1 aromatic carbocycles. The van der Waals surface area contributed by atoms with Crippen LogP contribution >= 0.6 is 15.9 Å². The Balaban J connectivity index is 2.21. The van der Waals surface area contributed by atoms with E-state index < -0.39 is 0 Å². The van der Waals surface area contributed by atoms with Crippen LogP contribution in [-0.4, -0.2) is 5.91 Å². The second-order valence-electron chi connectivity index (χ2n) is 4.69. The van der Waals surface area contributed by atoms with Crippen molar-refractivity contribution in [2.45, 2.75) is 51.9 Å². The first kappa shape index (κ1) is 16.2. The summed E-state index contributed by atoms with van der Waals surface area (Å²) in [5, 5.41) is 2.71. The average Bonchev–Trinajstić information content (AvgIpc) is 2.38. The van der Waals surface area contributed by atoms with Gasteiger partial charge in [-0.15, -0.1) is 0 Å². The Bertz CT molecular complexity index is 409. The molecule has 0 aliphatic carbocycles. The highest BCUT2D eigenvalue weighted by atomic mass is 79.9. The van der Waals surface area contributed by atoms with Crippen molar-refractivity contribution < 1.29 is 9.18 Å². The molecule has 0 saturated heterocycles. The summed E-state index contributed by atoms with van der Waals surface area (Å²) in [7, 11) is 0. The van der Waals surface area contributed by atoms with Crippen molar-refractivity contribution in [2.75, 3.05) is 5.32 Å². The molecule has 0 radical (unpaired) electrons. The normalized spacial score (nSPS) is 10.5. The summed E-state index contributed by atoms with van der Waals surface area (Å²) < 4.78 is 13.7. The number of nitrogens with one attached hydrogen (secondary N) is 1. The van der Waals surface area contributed by atoms with Gasteiger partial charge >= 0.3 is 0 Å². The van der Waals surface area contributed by atoms with Gasteiger partial charge in [0.25, 0.3) is 0 Å². The van der Waals surface area contributed by atoms with Crippen molar-refractivity contribution in [3.63, 3.8) is 0 Å². The largest absolute Gasteiger partial charge is 0.326 e. The quantitative estimate of drug-likeness (QED) is 0.646. The van der Waals surface area contributed by atoms with Crippen LogP contribution in [0.2, 0.25) is 0 Å². The number of unbranched alkanes of at least 4 members (excludes halogenated alkanes) is 5. The summed E-state index contributed by atoms with van der Waals surface area (Å²) in [4.78, 5) is 11.7. The number of carbonyl (C=O) groups excluding carboxylic acids is 1. The Morgan fingerprint density at radius 2 is 1.89 bits per heavy atom. The van der Waals surface area contributed by atoms with E-state index in [1.54, 1.807) is 12.1 Å². The number of halogens is 2. The van der Waals surface area contributed by atoms with Gasteiger partial charge in [0.2, 0.25) is 5.91 Å². The zero-order valence-corrected chi connectivity index (χ0v) is 12.9. The molecule has 0 heterocycles. The number of hydrogen-bond acceptors (Lipinski definition) is 1. The molecule has 19 heavy (non-hydrogen) atoms. The zero-order valence-electron chi connectivity index (χ0n) is 11.3. The predicted molar refractivity (Wildman–Crippen MR) is 80.7 cm³/mol. The van der Waals surface area contributed by atoms with Gasteiger partial charge in [-0.3, -0.25) is 4.79 Å². The maximum atomic E-state index is 13.3. The molecule has 0 atom stereocenters. The molecule has 0 spiro atoms. The van der Waals surface area contributed by atoms with E-state index in [9.17, 15) is 9.18 Å². The molecule has 2 nitrogen and oxygen atoms in total. The minimum Gasteiger partial charge on any atom is -0.326 e. The zero-order chi connectivity index (χ0) is 14.1. The van der Waals surface area contributed by atoms with Crippen molar-refractivity contribution in [3.8, 4) is 0 Å². The molecule has 0 bridgehead atoms. The molecule has 106 valence electrons. The summed E-state index contributed by atoms with van der Waals surface area (Å²) in [5.41, 5.74) is 0.511. The minimum atomic E-state index is -0.364. The first-order chi connectivity index (χ1) is 9.13. The lowest BCUT2D eigenvalue weighted by atomic mass is 10.1. The summed E-state index contributed by atoms with van der Waals surface area (Å²) in [6.45, 7) is 2.19. The maximum Gasteiger partial charge on any atom is 0.224 e. The van der Waals surface area contributed by atoms with Gasteiger partial charge in [0, 0.05) is 12.1 Å². The molecular weight excluding hydrogens is 309 g/mol. The van der Waals surface area contributed by atoms with E-state index in [1.807, 2.05) is 0 Å². The van der Waals surface area contributed by atoms with Gasteiger partial charge in [0.1, 0.15) is 5.82 Å². The molecular formula is C15H21BrFNO. The molecule has 0 unspecified atom stereocenters. The van der Waals surface area contributed by atoms with Crippen molar-refractivity contribution in [3.05, 3.63) is 28.5 Å². The first-order valence-electron chi connectivity index (χ1n) is 6.88. The van der Waals surface area contributed by atoms with Crippen molar-refractivity contribution >= 4 is 27.5 Å². The van der Waals surface area contributed by atoms with Gasteiger partial charge < -0.3 is 5.32 Å². The highest BCUT2D eigenvalue weighted by molar-refractivity contribution is 9.10. The third-order valence-electron chi connectivity index (χ3n) is 2.96. The molecule has 4 heteroatoms. The van der Waals surface area contributed by atoms with E-state index in [1.165, 1.54) is 31.7 Å². The predicted octanol–water partition coefficient (Wildman–Crippen LogP) is 5.28. The summed E-state index contributed by atoms with van der Waals surface area (Å²) >= 11 is 3.08. The monoisotopic (exact) mass is 329 g/mol. The van der Waals surface area contributed by atoms with E-state index in [4.69, 9.17) is 0 Å². The van der Waals surface area contributed by atoms with Crippen LogP contribution in [0, 0.1) is 5.82 Å².